The van der Waals surface area contributed by atoms with Crippen LogP contribution in [-0.2, 0) is 0 Å². The van der Waals surface area contributed by atoms with Gasteiger partial charge in [0.15, 0.2) is 0 Å². The van der Waals surface area contributed by atoms with E-state index < -0.39 is 0 Å². The molecule has 0 amide bonds. The van der Waals surface area contributed by atoms with Crippen molar-refractivity contribution in [1.82, 2.24) is 0 Å². The molecular formula is C17H22N2O2. The molecule has 0 atom stereocenters. The third kappa shape index (κ3) is 4.31. The van der Waals surface area contributed by atoms with Gasteiger partial charge in [0.2, 0.25) is 0 Å². The lowest BCUT2D eigenvalue weighted by molar-refractivity contribution is 0.404. The molecule has 2 aromatic rings. The number of anilines is 2. The number of methoxy groups -OCH3 is 2. The fraction of sp³-hybridized carbons (Fsp3) is 0.294. The molecule has 0 aromatic heterocycles. The van der Waals surface area contributed by atoms with Gasteiger partial charge in [-0.05, 0) is 36.8 Å². The van der Waals surface area contributed by atoms with Gasteiger partial charge < -0.3 is 20.1 Å². The van der Waals surface area contributed by atoms with Crippen LogP contribution in [0.15, 0.2) is 42.5 Å². The summed E-state index contributed by atoms with van der Waals surface area (Å²) in [6.45, 7) is 3.70. The fourth-order valence-corrected chi connectivity index (χ4v) is 2.11. The monoisotopic (exact) mass is 286 g/mol. The highest BCUT2D eigenvalue weighted by Gasteiger charge is 2.04. The van der Waals surface area contributed by atoms with Gasteiger partial charge in [0.05, 0.1) is 19.9 Å². The number of benzene rings is 2. The summed E-state index contributed by atoms with van der Waals surface area (Å²) in [5.41, 5.74) is 3.32. The van der Waals surface area contributed by atoms with Crippen LogP contribution in [0, 0.1) is 6.92 Å². The molecule has 0 radical (unpaired) electrons. The lowest BCUT2D eigenvalue weighted by atomic mass is 10.2. The largest absolute Gasteiger partial charge is 0.497 e. The molecule has 0 heterocycles. The van der Waals surface area contributed by atoms with Crippen LogP contribution in [0.2, 0.25) is 0 Å². The van der Waals surface area contributed by atoms with Gasteiger partial charge in [0.25, 0.3) is 0 Å². The second kappa shape index (κ2) is 7.43. The van der Waals surface area contributed by atoms with Crippen molar-refractivity contribution in [3.8, 4) is 11.5 Å². The number of hydrogen-bond acceptors (Lipinski definition) is 4. The van der Waals surface area contributed by atoms with Gasteiger partial charge in [-0.25, -0.2) is 0 Å². The summed E-state index contributed by atoms with van der Waals surface area (Å²) in [6, 6.07) is 14.1. The average molecular weight is 286 g/mol. The van der Waals surface area contributed by atoms with E-state index in [1.807, 2.05) is 18.2 Å². The van der Waals surface area contributed by atoms with Gasteiger partial charge >= 0.3 is 0 Å². The lowest BCUT2D eigenvalue weighted by Gasteiger charge is -2.13. The summed E-state index contributed by atoms with van der Waals surface area (Å²) in [6.07, 6.45) is 0. The maximum Gasteiger partial charge on any atom is 0.142 e. The molecule has 112 valence electrons. The second-order valence-corrected chi connectivity index (χ2v) is 4.79. The highest BCUT2D eigenvalue weighted by Crippen LogP contribution is 2.28. The maximum atomic E-state index is 5.34. The Morgan fingerprint density at radius 2 is 1.71 bits per heavy atom. The normalized spacial score (nSPS) is 10.0. The van der Waals surface area contributed by atoms with Crippen molar-refractivity contribution in [1.29, 1.82) is 0 Å². The molecule has 0 aliphatic heterocycles. The SMILES string of the molecule is COc1ccc(OC)c(NCCNc2cccc(C)c2)c1. The Hall–Kier alpha value is -2.36. The van der Waals surface area contributed by atoms with Crippen LogP contribution in [0.3, 0.4) is 0 Å². The average Bonchev–Trinajstić information content (AvgIpc) is 2.51. The minimum absolute atomic E-state index is 0.789. The number of aryl methyl sites for hydroxylation is 1. The number of hydrogen-bond donors (Lipinski definition) is 2. The number of nitrogens with one attached hydrogen (secondary N) is 2. The lowest BCUT2D eigenvalue weighted by Crippen LogP contribution is -2.14. The minimum atomic E-state index is 0.789. The molecule has 4 nitrogen and oxygen atoms in total. The molecule has 0 unspecified atom stereocenters. The quantitative estimate of drug-likeness (QED) is 0.764. The first-order chi connectivity index (χ1) is 10.2. The first-order valence-corrected chi connectivity index (χ1v) is 6.99. The van der Waals surface area contributed by atoms with Crippen LogP contribution in [0.5, 0.6) is 11.5 Å². The van der Waals surface area contributed by atoms with Crippen molar-refractivity contribution in [3.63, 3.8) is 0 Å². The van der Waals surface area contributed by atoms with Crippen LogP contribution >= 0.6 is 0 Å². The van der Waals surface area contributed by atoms with Crippen LogP contribution in [0.1, 0.15) is 5.56 Å². The van der Waals surface area contributed by atoms with E-state index in [4.69, 9.17) is 9.47 Å². The van der Waals surface area contributed by atoms with Gasteiger partial charge in [0.1, 0.15) is 11.5 Å². The molecule has 0 aliphatic rings. The molecule has 2 rings (SSSR count). The van der Waals surface area contributed by atoms with Gasteiger partial charge in [-0.3, -0.25) is 0 Å². The third-order valence-electron chi connectivity index (χ3n) is 3.19. The van der Waals surface area contributed by atoms with E-state index in [1.165, 1.54) is 5.56 Å². The molecular weight excluding hydrogens is 264 g/mol. The molecule has 4 heteroatoms. The van der Waals surface area contributed by atoms with Crippen molar-refractivity contribution in [3.05, 3.63) is 48.0 Å². The predicted octanol–water partition coefficient (Wildman–Crippen LogP) is 3.54. The zero-order chi connectivity index (χ0) is 15.1. The molecule has 21 heavy (non-hydrogen) atoms. The van der Waals surface area contributed by atoms with Gasteiger partial charge in [-0.15, -0.1) is 0 Å². The molecule has 0 saturated heterocycles. The van der Waals surface area contributed by atoms with Gasteiger partial charge in [0, 0.05) is 24.8 Å². The van der Waals surface area contributed by atoms with E-state index in [0.29, 0.717) is 0 Å². The predicted molar refractivity (Wildman–Crippen MR) is 87.7 cm³/mol. The molecule has 0 fully saturated rings. The molecule has 2 aromatic carbocycles. The second-order valence-electron chi connectivity index (χ2n) is 4.79. The van der Waals surface area contributed by atoms with E-state index in [9.17, 15) is 0 Å². The molecule has 0 aliphatic carbocycles. The number of rotatable bonds is 7. The van der Waals surface area contributed by atoms with Gasteiger partial charge in [-0.2, -0.15) is 0 Å². The van der Waals surface area contributed by atoms with E-state index in [1.54, 1.807) is 14.2 Å². The summed E-state index contributed by atoms with van der Waals surface area (Å²) in [5.74, 6) is 1.62. The highest BCUT2D eigenvalue weighted by molar-refractivity contribution is 5.60. The van der Waals surface area contributed by atoms with Crippen molar-refractivity contribution >= 4 is 11.4 Å². The van der Waals surface area contributed by atoms with E-state index in [2.05, 4.69) is 41.8 Å². The van der Waals surface area contributed by atoms with Crippen LogP contribution in [0.4, 0.5) is 11.4 Å². The summed E-state index contributed by atoms with van der Waals surface area (Å²) in [5, 5.41) is 6.74. The zero-order valence-corrected chi connectivity index (χ0v) is 12.8. The standard InChI is InChI=1S/C17H22N2O2/c1-13-5-4-6-14(11-13)18-9-10-19-16-12-15(20-2)7-8-17(16)21-3/h4-8,11-12,18-19H,9-10H2,1-3H3. The van der Waals surface area contributed by atoms with Crippen molar-refractivity contribution in [2.24, 2.45) is 0 Å². The summed E-state index contributed by atoms with van der Waals surface area (Å²) >= 11 is 0. The van der Waals surface area contributed by atoms with Crippen molar-refractivity contribution < 1.29 is 9.47 Å². The topological polar surface area (TPSA) is 42.5 Å². The summed E-state index contributed by atoms with van der Waals surface area (Å²) in [7, 11) is 3.32. The minimum Gasteiger partial charge on any atom is -0.497 e. The van der Waals surface area contributed by atoms with Crippen molar-refractivity contribution in [2.75, 3.05) is 37.9 Å². The Morgan fingerprint density at radius 3 is 2.43 bits per heavy atom. The first kappa shape index (κ1) is 15.0. The molecule has 2 N–H and O–H groups in total. The fourth-order valence-electron chi connectivity index (χ4n) is 2.11. The Morgan fingerprint density at radius 1 is 0.905 bits per heavy atom. The first-order valence-electron chi connectivity index (χ1n) is 6.99. The van der Waals surface area contributed by atoms with Crippen molar-refractivity contribution in [2.45, 2.75) is 6.92 Å². The Labute approximate surface area is 126 Å². The van der Waals surface area contributed by atoms with E-state index in [0.717, 1.165) is 36.0 Å². The smallest absolute Gasteiger partial charge is 0.142 e. The van der Waals surface area contributed by atoms with E-state index >= 15 is 0 Å². The van der Waals surface area contributed by atoms with Crippen LogP contribution in [0.25, 0.3) is 0 Å². The summed E-state index contributed by atoms with van der Waals surface area (Å²) in [4.78, 5) is 0. The Balaban J connectivity index is 1.88. The Bertz CT molecular complexity index is 585. The molecule has 0 saturated carbocycles. The van der Waals surface area contributed by atoms with Crippen LogP contribution < -0.4 is 20.1 Å². The van der Waals surface area contributed by atoms with Gasteiger partial charge in [-0.1, -0.05) is 12.1 Å². The van der Waals surface area contributed by atoms with Crippen LogP contribution in [-0.4, -0.2) is 27.3 Å². The number of ether oxygens (including phenoxy) is 2. The van der Waals surface area contributed by atoms with E-state index in [-0.39, 0.29) is 0 Å². The highest BCUT2D eigenvalue weighted by atomic mass is 16.5. The maximum absolute atomic E-state index is 5.34. The Kier molecular flexibility index (Phi) is 5.32. The zero-order valence-electron chi connectivity index (χ0n) is 12.8. The third-order valence-corrected chi connectivity index (χ3v) is 3.19. The molecule has 0 spiro atoms. The summed E-state index contributed by atoms with van der Waals surface area (Å²) < 4.78 is 10.6. The molecule has 0 bridgehead atoms.